The van der Waals surface area contributed by atoms with Gasteiger partial charge < -0.3 is 0 Å². The second-order valence-electron chi connectivity index (χ2n) is 2.42. The van der Waals surface area contributed by atoms with Crippen LogP contribution in [0.4, 0.5) is 0 Å². The molecule has 0 bridgehead atoms. The largest absolute Gasteiger partial charge is 0.296 e. The number of carbonyl (C=O) groups is 1. The Balaban J connectivity index is 0.000000845. The summed E-state index contributed by atoms with van der Waals surface area (Å²) >= 11 is 3.32. The maximum atomic E-state index is 10.5. The van der Waals surface area contributed by atoms with Crippen molar-refractivity contribution in [1.82, 2.24) is 10.2 Å². The van der Waals surface area contributed by atoms with Gasteiger partial charge in [-0.2, -0.15) is 5.10 Å². The van der Waals surface area contributed by atoms with Crippen molar-refractivity contribution in [3.05, 3.63) is 28.4 Å². The van der Waals surface area contributed by atoms with Gasteiger partial charge in [-0.05, 0) is 18.2 Å². The lowest BCUT2D eigenvalue weighted by Gasteiger charge is -1.89. The minimum Gasteiger partial charge on any atom is -0.296 e. The van der Waals surface area contributed by atoms with Crippen LogP contribution in [-0.2, 0) is 0 Å². The van der Waals surface area contributed by atoms with Crippen molar-refractivity contribution in [3.63, 3.8) is 0 Å². The third-order valence-corrected chi connectivity index (χ3v) is 2.16. The van der Waals surface area contributed by atoms with Crippen LogP contribution >= 0.6 is 15.9 Å². The molecular formula is C8H7BrN2O. The zero-order chi connectivity index (χ0) is 8.55. The van der Waals surface area contributed by atoms with E-state index in [0.29, 0.717) is 5.69 Å². The Labute approximate surface area is 78.4 Å². The van der Waals surface area contributed by atoms with Gasteiger partial charge in [-0.3, -0.25) is 9.89 Å². The highest BCUT2D eigenvalue weighted by Crippen LogP contribution is 2.19. The molecule has 0 atom stereocenters. The van der Waals surface area contributed by atoms with Crippen molar-refractivity contribution in [2.45, 2.75) is 0 Å². The summed E-state index contributed by atoms with van der Waals surface area (Å²) in [6.45, 7) is 0. The van der Waals surface area contributed by atoms with Gasteiger partial charge in [0.05, 0.1) is 5.52 Å². The predicted molar refractivity (Wildman–Crippen MR) is 51.3 cm³/mol. The molecule has 3 nitrogen and oxygen atoms in total. The van der Waals surface area contributed by atoms with E-state index in [9.17, 15) is 4.79 Å². The third-order valence-electron chi connectivity index (χ3n) is 1.66. The summed E-state index contributed by atoms with van der Waals surface area (Å²) in [6.07, 6.45) is 0.766. The van der Waals surface area contributed by atoms with Crippen LogP contribution in [0.2, 0.25) is 0 Å². The lowest BCUT2D eigenvalue weighted by molar-refractivity contribution is 0.112. The number of nitrogens with zero attached hydrogens (tertiary/aromatic N) is 1. The lowest BCUT2D eigenvalue weighted by Crippen LogP contribution is -1.78. The van der Waals surface area contributed by atoms with Crippen LogP contribution in [0.5, 0.6) is 0 Å². The van der Waals surface area contributed by atoms with E-state index in [1.807, 2.05) is 18.2 Å². The topological polar surface area (TPSA) is 45.8 Å². The Morgan fingerprint density at radius 2 is 2.42 bits per heavy atom. The van der Waals surface area contributed by atoms with Crippen LogP contribution in [0.15, 0.2) is 22.7 Å². The standard InChI is InChI=1S/C8H5BrN2O.H2/c9-5-1-2-7-6(3-5)8(4-12)11-10-7;/h1-4H,(H,10,11);1H. The summed E-state index contributed by atoms with van der Waals surface area (Å²) in [5.41, 5.74) is 1.33. The number of nitrogens with one attached hydrogen (secondary N) is 1. The third kappa shape index (κ3) is 1.04. The number of fused-ring (bicyclic) bond motifs is 1. The number of rotatable bonds is 1. The number of benzene rings is 1. The van der Waals surface area contributed by atoms with Gasteiger partial charge >= 0.3 is 0 Å². The zero-order valence-corrected chi connectivity index (χ0v) is 7.63. The number of halogens is 1. The highest BCUT2D eigenvalue weighted by Gasteiger charge is 2.03. The molecule has 1 N–H and O–H groups in total. The van der Waals surface area contributed by atoms with Gasteiger partial charge in [-0.1, -0.05) is 15.9 Å². The molecule has 0 saturated heterocycles. The molecule has 12 heavy (non-hydrogen) atoms. The van der Waals surface area contributed by atoms with Crippen molar-refractivity contribution in [2.75, 3.05) is 0 Å². The van der Waals surface area contributed by atoms with E-state index >= 15 is 0 Å². The molecule has 0 unspecified atom stereocenters. The first-order valence-electron chi connectivity index (χ1n) is 3.40. The van der Waals surface area contributed by atoms with Crippen molar-refractivity contribution in [2.24, 2.45) is 0 Å². The molecule has 62 valence electrons. The number of hydrogen-bond donors (Lipinski definition) is 1. The molecule has 4 heteroatoms. The summed E-state index contributed by atoms with van der Waals surface area (Å²) < 4.78 is 0.944. The number of aromatic amines is 1. The highest BCUT2D eigenvalue weighted by molar-refractivity contribution is 9.10. The molecule has 0 spiro atoms. The van der Waals surface area contributed by atoms with Gasteiger partial charge in [0, 0.05) is 11.3 Å². The molecule has 1 aromatic heterocycles. The molecule has 2 rings (SSSR count). The van der Waals surface area contributed by atoms with Gasteiger partial charge in [-0.25, -0.2) is 0 Å². The molecule has 0 fully saturated rings. The molecular weight excluding hydrogens is 220 g/mol. The van der Waals surface area contributed by atoms with Gasteiger partial charge in [0.15, 0.2) is 6.29 Å². The van der Waals surface area contributed by atoms with Gasteiger partial charge in [0.1, 0.15) is 5.69 Å². The van der Waals surface area contributed by atoms with Crippen LogP contribution in [0.25, 0.3) is 10.9 Å². The molecule has 1 aromatic carbocycles. The zero-order valence-electron chi connectivity index (χ0n) is 6.04. The van der Waals surface area contributed by atoms with Crippen LogP contribution < -0.4 is 0 Å². The van der Waals surface area contributed by atoms with Crippen LogP contribution in [0.3, 0.4) is 0 Å². The van der Waals surface area contributed by atoms with Crippen molar-refractivity contribution in [1.29, 1.82) is 0 Å². The maximum Gasteiger partial charge on any atom is 0.168 e. The Hall–Kier alpha value is -1.16. The summed E-state index contributed by atoms with van der Waals surface area (Å²) in [5, 5.41) is 7.45. The lowest BCUT2D eigenvalue weighted by atomic mass is 10.2. The van der Waals surface area contributed by atoms with Crippen LogP contribution in [-0.4, -0.2) is 16.5 Å². The number of carbonyl (C=O) groups excluding carboxylic acids is 1. The van der Waals surface area contributed by atoms with Crippen molar-refractivity contribution >= 4 is 33.1 Å². The summed E-state index contributed by atoms with van der Waals surface area (Å²) in [7, 11) is 0. The second-order valence-corrected chi connectivity index (χ2v) is 3.33. The van der Waals surface area contributed by atoms with Crippen LogP contribution in [0, 0.1) is 0 Å². The van der Waals surface area contributed by atoms with E-state index in [1.165, 1.54) is 0 Å². The fourth-order valence-electron chi connectivity index (χ4n) is 1.09. The van der Waals surface area contributed by atoms with Crippen molar-refractivity contribution < 1.29 is 6.22 Å². The van der Waals surface area contributed by atoms with E-state index in [4.69, 9.17) is 0 Å². The maximum absolute atomic E-state index is 10.5. The number of hydrogen-bond acceptors (Lipinski definition) is 2. The molecule has 1 heterocycles. The Morgan fingerprint density at radius 3 is 3.17 bits per heavy atom. The number of H-pyrrole nitrogens is 1. The first-order valence-corrected chi connectivity index (χ1v) is 4.19. The smallest absolute Gasteiger partial charge is 0.168 e. The van der Waals surface area contributed by atoms with Gasteiger partial charge in [-0.15, -0.1) is 0 Å². The minimum atomic E-state index is 0. The number of aromatic nitrogens is 2. The Morgan fingerprint density at radius 1 is 1.58 bits per heavy atom. The molecule has 0 saturated carbocycles. The van der Waals surface area contributed by atoms with E-state index in [-0.39, 0.29) is 1.43 Å². The quantitative estimate of drug-likeness (QED) is 0.760. The first kappa shape index (κ1) is 7.49. The Bertz CT molecular complexity index is 441. The first-order chi connectivity index (χ1) is 5.81. The molecule has 0 aliphatic heterocycles. The number of aldehydes is 1. The molecule has 0 aliphatic rings. The normalized spacial score (nSPS) is 10.4. The van der Waals surface area contributed by atoms with E-state index in [0.717, 1.165) is 21.7 Å². The van der Waals surface area contributed by atoms with E-state index in [1.54, 1.807) is 0 Å². The molecule has 2 aromatic rings. The average molecular weight is 227 g/mol. The SMILES string of the molecule is O=Cc1[nH]nc2ccc(Br)cc12.[HH]. The highest BCUT2D eigenvalue weighted by atomic mass is 79.9. The predicted octanol–water partition coefficient (Wildman–Crippen LogP) is 2.38. The van der Waals surface area contributed by atoms with E-state index in [2.05, 4.69) is 26.1 Å². The molecule has 0 radical (unpaired) electrons. The monoisotopic (exact) mass is 226 g/mol. The van der Waals surface area contributed by atoms with Gasteiger partial charge in [0.25, 0.3) is 0 Å². The second kappa shape index (κ2) is 2.71. The summed E-state index contributed by atoms with van der Waals surface area (Å²) in [6, 6.07) is 5.60. The summed E-state index contributed by atoms with van der Waals surface area (Å²) in [4.78, 5) is 10.5. The molecule has 0 amide bonds. The fraction of sp³-hybridized carbons (Fsp3) is 0. The Kier molecular flexibility index (Phi) is 1.69. The fourth-order valence-corrected chi connectivity index (χ4v) is 1.45. The van der Waals surface area contributed by atoms with Crippen molar-refractivity contribution in [3.8, 4) is 0 Å². The van der Waals surface area contributed by atoms with E-state index < -0.39 is 0 Å². The van der Waals surface area contributed by atoms with Gasteiger partial charge in [0.2, 0.25) is 0 Å². The minimum absolute atomic E-state index is 0. The van der Waals surface area contributed by atoms with Crippen LogP contribution in [0.1, 0.15) is 11.9 Å². The average Bonchev–Trinajstić information content (AvgIpc) is 2.46. The molecule has 0 aliphatic carbocycles. The summed E-state index contributed by atoms with van der Waals surface area (Å²) in [5.74, 6) is 0.